The van der Waals surface area contributed by atoms with Crippen LogP contribution < -0.4 is 10.2 Å². The van der Waals surface area contributed by atoms with Crippen LogP contribution in [0.1, 0.15) is 38.9 Å². The quantitative estimate of drug-likeness (QED) is 0.0617. The number of hydrogen-bond acceptors (Lipinski definition) is 17. The van der Waals surface area contributed by atoms with Gasteiger partial charge in [-0.3, -0.25) is 14.2 Å². The Kier molecular flexibility index (Phi) is 29.6. The number of hydrogen-bond donors (Lipinski definition) is 2. The Morgan fingerprint density at radius 3 is 1.44 bits per heavy atom. The molecule has 1 saturated heterocycles. The van der Waals surface area contributed by atoms with Crippen LogP contribution in [0, 0.1) is 0 Å². The number of fused-ring (bicyclic) bond motifs is 3. The van der Waals surface area contributed by atoms with E-state index in [2.05, 4.69) is 47.0 Å². The zero-order valence-corrected chi connectivity index (χ0v) is 40.2. The van der Waals surface area contributed by atoms with Crippen molar-refractivity contribution >= 4 is 39.2 Å². The van der Waals surface area contributed by atoms with Crippen molar-refractivity contribution in [2.75, 3.05) is 204 Å². The van der Waals surface area contributed by atoms with Gasteiger partial charge in [-0.25, -0.2) is 9.97 Å². The molecule has 376 valence electrons. The number of Topliss-reactive ketones (excluding diaryl/α,β-unsaturated/α-hetero) is 1. The highest BCUT2D eigenvalue weighted by atomic mass is 16.6. The minimum atomic E-state index is 0.124. The molecular weight excluding hydrogens is 857 g/mol. The van der Waals surface area contributed by atoms with Crippen molar-refractivity contribution in [3.8, 4) is 0 Å². The number of nitrogens with zero attached hydrogens (tertiary/aromatic N) is 4. The number of ether oxygens (including phenoxy) is 12. The first-order valence-corrected chi connectivity index (χ1v) is 24.0. The molecule has 0 unspecified atom stereocenters. The number of benzene rings is 1. The van der Waals surface area contributed by atoms with E-state index in [4.69, 9.17) is 67.6 Å². The van der Waals surface area contributed by atoms with Crippen molar-refractivity contribution in [3.63, 3.8) is 0 Å². The van der Waals surface area contributed by atoms with Gasteiger partial charge in [-0.1, -0.05) is 13.3 Å². The van der Waals surface area contributed by atoms with Gasteiger partial charge in [0.15, 0.2) is 0 Å². The minimum Gasteiger partial charge on any atom is -0.382 e. The van der Waals surface area contributed by atoms with Crippen LogP contribution in [0.15, 0.2) is 18.2 Å². The second-order valence-corrected chi connectivity index (χ2v) is 16.2. The number of H-pyrrole nitrogens is 1. The van der Waals surface area contributed by atoms with Crippen LogP contribution >= 0.6 is 0 Å². The van der Waals surface area contributed by atoms with Crippen molar-refractivity contribution in [2.24, 2.45) is 0 Å². The molecule has 3 aromatic rings. The zero-order valence-electron chi connectivity index (χ0n) is 40.2. The van der Waals surface area contributed by atoms with Gasteiger partial charge in [0.05, 0.1) is 184 Å². The number of imidazole rings is 1. The van der Waals surface area contributed by atoms with Crippen LogP contribution in [-0.4, -0.2) is 224 Å². The molecule has 0 aliphatic carbocycles. The molecule has 1 aromatic carbocycles. The van der Waals surface area contributed by atoms with E-state index in [-0.39, 0.29) is 5.78 Å². The molecule has 1 aliphatic heterocycles. The monoisotopic (exact) mass is 938 g/mol. The van der Waals surface area contributed by atoms with Gasteiger partial charge in [-0.2, -0.15) is 0 Å². The van der Waals surface area contributed by atoms with Gasteiger partial charge < -0.3 is 67.6 Å². The number of aromatic amines is 1. The predicted octanol–water partition coefficient (Wildman–Crippen LogP) is 3.47. The molecule has 19 heteroatoms. The number of carbonyl (C=O) groups excluding carboxylic acids is 1. The summed E-state index contributed by atoms with van der Waals surface area (Å²) in [7, 11) is 2.32. The average Bonchev–Trinajstić information content (AvgIpc) is 3.76. The molecule has 3 N–H and O–H groups in total. The number of likely N-dealkylation sites (N-methyl/N-ethyl adjacent to an activating group) is 1. The highest BCUT2D eigenvalue weighted by Gasteiger charge is 2.31. The van der Waals surface area contributed by atoms with Gasteiger partial charge in [-0.15, -0.1) is 0 Å². The number of piperazine rings is 1. The van der Waals surface area contributed by atoms with Gasteiger partial charge in [0, 0.05) is 50.0 Å². The molecule has 0 radical (unpaired) electrons. The zero-order chi connectivity index (χ0) is 46.8. The number of nitrogen functional groups attached to an aromatic ring is 1. The first-order chi connectivity index (χ1) is 32.4. The fraction of sp³-hybridized carbons (Fsp3) is 0.766. The number of nitrogens with two attached hydrogens (primary N) is 1. The summed E-state index contributed by atoms with van der Waals surface area (Å²) in [5.74, 6) is 1.61. The van der Waals surface area contributed by atoms with Gasteiger partial charge in [0.1, 0.15) is 34.1 Å². The van der Waals surface area contributed by atoms with Crippen molar-refractivity contribution in [1.82, 2.24) is 24.3 Å². The molecule has 0 amide bonds. The van der Waals surface area contributed by atoms with E-state index in [9.17, 15) is 4.79 Å². The molecule has 0 bridgehead atoms. The second-order valence-electron chi connectivity index (χ2n) is 16.2. The molecule has 0 atom stereocenters. The van der Waals surface area contributed by atoms with Gasteiger partial charge in [-0.05, 0) is 19.4 Å². The van der Waals surface area contributed by atoms with Crippen LogP contribution in [0.2, 0.25) is 0 Å². The van der Waals surface area contributed by atoms with Crippen molar-refractivity contribution in [2.45, 2.75) is 39.5 Å². The molecule has 1 fully saturated rings. The smallest absolute Gasteiger partial charge is 0.150 e. The predicted molar refractivity (Wildman–Crippen MR) is 253 cm³/mol. The first kappa shape index (κ1) is 55.6. The largest absolute Gasteiger partial charge is 0.382 e. The maximum absolute atomic E-state index is 10.8. The van der Waals surface area contributed by atoms with E-state index in [0.717, 1.165) is 84.2 Å². The lowest BCUT2D eigenvalue weighted by Crippen LogP contribution is -2.58. The molecule has 1 aliphatic rings. The van der Waals surface area contributed by atoms with Crippen molar-refractivity contribution in [3.05, 3.63) is 24.0 Å². The Bertz CT molecular complexity index is 1700. The van der Waals surface area contributed by atoms with E-state index in [1.807, 2.05) is 0 Å². The van der Waals surface area contributed by atoms with Gasteiger partial charge >= 0.3 is 0 Å². The molecule has 19 nitrogen and oxygen atoms in total. The van der Waals surface area contributed by atoms with E-state index in [1.165, 1.54) is 5.69 Å². The summed E-state index contributed by atoms with van der Waals surface area (Å²) in [6.07, 6.45) is 3.56. The average molecular weight is 938 g/mol. The second kappa shape index (κ2) is 35.2. The summed E-state index contributed by atoms with van der Waals surface area (Å²) in [6, 6.07) is 6.56. The third kappa shape index (κ3) is 23.3. The lowest BCUT2D eigenvalue weighted by atomic mass is 10.1. The standard InChI is InChI=1S/C47H81N6O13/c1-4-5-6-44-50-45-42-39-41(7-8-43(42)49-47(48)46(45)51-44)53(3)13-10-52(11-14-53)12-16-56-18-20-58-22-24-60-26-28-62-30-32-64-34-36-66-38-37-65-35-33-63-31-29-61-27-25-59-23-21-57-19-17-55-15-9-40(2)54/h7-8,39H,4-6,9-38H2,1-3H3,(H2,48,49)(H,50,51)/q+1. The number of pyridine rings is 1. The fourth-order valence-electron chi connectivity index (χ4n) is 6.96. The summed E-state index contributed by atoms with van der Waals surface area (Å²) >= 11 is 0. The number of rotatable bonds is 43. The molecule has 0 saturated carbocycles. The number of unbranched alkanes of at least 4 members (excludes halogenated alkanes) is 1. The van der Waals surface area contributed by atoms with Crippen LogP contribution in [0.25, 0.3) is 21.9 Å². The number of aryl methyl sites for hydroxylation is 1. The van der Waals surface area contributed by atoms with E-state index in [0.29, 0.717) is 171 Å². The third-order valence-electron chi connectivity index (χ3n) is 10.9. The first-order valence-electron chi connectivity index (χ1n) is 24.0. The summed E-state index contributed by atoms with van der Waals surface area (Å²) < 4.78 is 67.3. The molecule has 3 heterocycles. The Morgan fingerprint density at radius 1 is 0.621 bits per heavy atom. The third-order valence-corrected chi connectivity index (χ3v) is 10.9. The van der Waals surface area contributed by atoms with E-state index < -0.39 is 0 Å². The Balaban J connectivity index is 0.828. The van der Waals surface area contributed by atoms with Crippen LogP contribution in [0.3, 0.4) is 0 Å². The van der Waals surface area contributed by atoms with Crippen LogP contribution in [-0.2, 0) is 68.1 Å². The highest BCUT2D eigenvalue weighted by molar-refractivity contribution is 6.07. The topological polar surface area (TPSA) is 199 Å². The van der Waals surface area contributed by atoms with Crippen molar-refractivity contribution < 1.29 is 61.6 Å². The van der Waals surface area contributed by atoms with E-state index in [1.54, 1.807) is 6.92 Å². The van der Waals surface area contributed by atoms with Crippen LogP contribution in [0.5, 0.6) is 0 Å². The number of aromatic nitrogens is 3. The SMILES string of the molecule is CCCCc1nc2c([nH]1)c(N)nc1ccc([N+]3(C)CCN(CCOCCOCCOCCOCCOCCOCCOCCOCCOCCOCCOCCOCCC(C)=O)CC3)cc12. The normalized spacial score (nSPS) is 14.3. The highest BCUT2D eigenvalue weighted by Crippen LogP contribution is 2.32. The van der Waals surface area contributed by atoms with Gasteiger partial charge in [0.2, 0.25) is 0 Å². The minimum absolute atomic E-state index is 0.124. The van der Waals surface area contributed by atoms with Crippen LogP contribution in [0.4, 0.5) is 11.5 Å². The summed E-state index contributed by atoms with van der Waals surface area (Å²) in [6.45, 7) is 20.9. The molecule has 2 aromatic heterocycles. The lowest BCUT2D eigenvalue weighted by molar-refractivity contribution is -0.118. The maximum atomic E-state index is 10.8. The summed E-state index contributed by atoms with van der Waals surface area (Å²) in [4.78, 5) is 26.3. The Labute approximate surface area is 392 Å². The van der Waals surface area contributed by atoms with E-state index >= 15 is 0 Å². The number of carbonyl (C=O) groups is 1. The number of quaternary nitrogens is 1. The fourth-order valence-corrected chi connectivity index (χ4v) is 6.96. The molecule has 4 rings (SSSR count). The number of nitrogens with one attached hydrogen (secondary N) is 1. The van der Waals surface area contributed by atoms with Gasteiger partial charge in [0.25, 0.3) is 0 Å². The lowest BCUT2D eigenvalue weighted by Gasteiger charge is -2.41. The molecular formula is C47H81N6O13+. The Hall–Kier alpha value is -2.99. The Morgan fingerprint density at radius 2 is 1.03 bits per heavy atom. The summed E-state index contributed by atoms with van der Waals surface area (Å²) in [5.41, 5.74) is 10.2. The number of ketones is 1. The maximum Gasteiger partial charge on any atom is 0.150 e. The molecule has 66 heavy (non-hydrogen) atoms. The molecule has 0 spiro atoms. The number of anilines is 1. The summed E-state index contributed by atoms with van der Waals surface area (Å²) in [5, 5.41) is 1.06. The van der Waals surface area contributed by atoms with Crippen molar-refractivity contribution in [1.29, 1.82) is 0 Å².